The lowest BCUT2D eigenvalue weighted by Gasteiger charge is -2.40. The van der Waals surface area contributed by atoms with Crippen LogP contribution in [0.15, 0.2) is 12.1 Å². The number of ether oxygens (including phenoxy) is 1. The lowest BCUT2D eigenvalue weighted by Crippen LogP contribution is -2.40. The number of rotatable bonds is 7. The molecule has 3 nitrogen and oxygen atoms in total. The van der Waals surface area contributed by atoms with Gasteiger partial charge in [0.1, 0.15) is 0 Å². The molecule has 0 aliphatic heterocycles. The van der Waals surface area contributed by atoms with E-state index in [2.05, 4.69) is 11.6 Å². The molecule has 1 aliphatic carbocycles. The largest absolute Gasteiger partial charge is 0.490 e. The van der Waals surface area contributed by atoms with Gasteiger partial charge in [0, 0.05) is 23.4 Å². The molecule has 1 fully saturated rings. The summed E-state index contributed by atoms with van der Waals surface area (Å²) < 4.78 is 19.4. The zero-order valence-electron chi connectivity index (χ0n) is 12.2. The Morgan fingerprint density at radius 1 is 1.45 bits per heavy atom. The van der Waals surface area contributed by atoms with Gasteiger partial charge in [0.25, 0.3) is 0 Å². The second-order valence-electron chi connectivity index (χ2n) is 5.31. The second kappa shape index (κ2) is 6.57. The van der Waals surface area contributed by atoms with Crippen LogP contribution >= 0.6 is 11.8 Å². The van der Waals surface area contributed by atoms with Gasteiger partial charge < -0.3 is 15.8 Å². The molecule has 0 atom stereocenters. The van der Waals surface area contributed by atoms with E-state index in [1.807, 2.05) is 18.7 Å². The number of nitrogens with two attached hydrogens (primary N) is 1. The highest BCUT2D eigenvalue weighted by atomic mass is 32.2. The molecule has 0 aromatic heterocycles. The zero-order valence-corrected chi connectivity index (χ0v) is 13.0. The summed E-state index contributed by atoms with van der Waals surface area (Å²) in [6.07, 6.45) is 6.72. The van der Waals surface area contributed by atoms with Crippen LogP contribution in [-0.4, -0.2) is 24.2 Å². The average Bonchev–Trinajstić information content (AvgIpc) is 2.39. The quantitative estimate of drug-likeness (QED) is 0.750. The van der Waals surface area contributed by atoms with Gasteiger partial charge in [-0.25, -0.2) is 4.39 Å². The number of halogens is 1. The summed E-state index contributed by atoms with van der Waals surface area (Å²) in [6, 6.07) is 3.01. The minimum Gasteiger partial charge on any atom is -0.490 e. The van der Waals surface area contributed by atoms with Crippen LogP contribution in [0.4, 0.5) is 15.8 Å². The fraction of sp³-hybridized carbons (Fsp3) is 0.600. The number of benzene rings is 1. The van der Waals surface area contributed by atoms with E-state index in [1.165, 1.54) is 25.3 Å². The highest BCUT2D eigenvalue weighted by Crippen LogP contribution is 2.43. The van der Waals surface area contributed by atoms with Crippen molar-refractivity contribution in [1.82, 2.24) is 0 Å². The topological polar surface area (TPSA) is 47.3 Å². The lowest BCUT2D eigenvalue weighted by atomic mass is 9.84. The first kappa shape index (κ1) is 15.3. The summed E-state index contributed by atoms with van der Waals surface area (Å²) in [5.74, 6) is -0.125. The number of hydrogen-bond donors (Lipinski definition) is 2. The monoisotopic (exact) mass is 298 g/mol. The predicted molar refractivity (Wildman–Crippen MR) is 85.2 cm³/mol. The Hall–Kier alpha value is -1.10. The standard InChI is InChI=1S/C15H23FN2OS/c1-3-7-19-14-9-13(12(17)8-11(14)16)18-10-15(20-2)5-4-6-15/h8-9,18H,3-7,10,17H2,1-2H3. The van der Waals surface area contributed by atoms with Crippen molar-refractivity contribution in [2.45, 2.75) is 37.4 Å². The second-order valence-corrected chi connectivity index (χ2v) is 6.59. The van der Waals surface area contributed by atoms with Gasteiger partial charge in [-0.15, -0.1) is 0 Å². The van der Waals surface area contributed by atoms with E-state index < -0.39 is 5.82 Å². The Morgan fingerprint density at radius 2 is 2.20 bits per heavy atom. The van der Waals surface area contributed by atoms with Crippen molar-refractivity contribution in [3.05, 3.63) is 17.9 Å². The molecule has 1 saturated carbocycles. The molecular formula is C15H23FN2OS. The van der Waals surface area contributed by atoms with Gasteiger partial charge >= 0.3 is 0 Å². The van der Waals surface area contributed by atoms with Crippen LogP contribution in [0.2, 0.25) is 0 Å². The molecule has 0 radical (unpaired) electrons. The van der Waals surface area contributed by atoms with Crippen molar-refractivity contribution in [2.75, 3.05) is 30.5 Å². The molecule has 0 saturated heterocycles. The molecule has 5 heteroatoms. The zero-order chi connectivity index (χ0) is 14.6. The van der Waals surface area contributed by atoms with E-state index in [1.54, 1.807) is 6.07 Å². The van der Waals surface area contributed by atoms with Crippen molar-refractivity contribution < 1.29 is 9.13 Å². The molecule has 0 unspecified atom stereocenters. The van der Waals surface area contributed by atoms with Gasteiger partial charge in [0.05, 0.1) is 18.0 Å². The van der Waals surface area contributed by atoms with Crippen molar-refractivity contribution in [2.24, 2.45) is 0 Å². The summed E-state index contributed by atoms with van der Waals surface area (Å²) in [6.45, 7) is 3.36. The van der Waals surface area contributed by atoms with Crippen LogP contribution in [0.5, 0.6) is 5.75 Å². The van der Waals surface area contributed by atoms with Crippen molar-refractivity contribution in [1.29, 1.82) is 0 Å². The first-order chi connectivity index (χ1) is 9.60. The molecule has 0 spiro atoms. The lowest BCUT2D eigenvalue weighted by molar-refractivity contribution is 0.301. The third-order valence-corrected chi connectivity index (χ3v) is 5.28. The first-order valence-electron chi connectivity index (χ1n) is 7.11. The van der Waals surface area contributed by atoms with E-state index in [4.69, 9.17) is 10.5 Å². The van der Waals surface area contributed by atoms with E-state index in [-0.39, 0.29) is 5.75 Å². The van der Waals surface area contributed by atoms with E-state index in [0.29, 0.717) is 17.0 Å². The molecule has 2 rings (SSSR count). The van der Waals surface area contributed by atoms with Crippen LogP contribution in [-0.2, 0) is 0 Å². The summed E-state index contributed by atoms with van der Waals surface area (Å²) in [5.41, 5.74) is 7.08. The molecule has 20 heavy (non-hydrogen) atoms. The molecule has 1 aromatic carbocycles. The summed E-state index contributed by atoms with van der Waals surface area (Å²) in [7, 11) is 0. The van der Waals surface area contributed by atoms with E-state index in [9.17, 15) is 4.39 Å². The predicted octanol–water partition coefficient (Wildman–Crippen LogP) is 3.89. The Labute approximate surface area is 124 Å². The third-order valence-electron chi connectivity index (χ3n) is 3.86. The molecular weight excluding hydrogens is 275 g/mol. The van der Waals surface area contributed by atoms with Gasteiger partial charge in [-0.2, -0.15) is 11.8 Å². The molecule has 1 aromatic rings. The van der Waals surface area contributed by atoms with Gasteiger partial charge in [0.15, 0.2) is 11.6 Å². The normalized spacial score (nSPS) is 16.6. The molecule has 1 aliphatic rings. The minimum atomic E-state index is -0.398. The van der Waals surface area contributed by atoms with E-state index >= 15 is 0 Å². The number of thioether (sulfide) groups is 1. The van der Waals surface area contributed by atoms with Crippen molar-refractivity contribution >= 4 is 23.1 Å². The number of anilines is 2. The Morgan fingerprint density at radius 3 is 2.75 bits per heavy atom. The van der Waals surface area contributed by atoms with E-state index in [0.717, 1.165) is 18.7 Å². The molecule has 0 heterocycles. The van der Waals surface area contributed by atoms with Gasteiger partial charge in [-0.05, 0) is 25.5 Å². The summed E-state index contributed by atoms with van der Waals surface area (Å²) in [4.78, 5) is 0. The van der Waals surface area contributed by atoms with Gasteiger partial charge in [-0.1, -0.05) is 13.3 Å². The van der Waals surface area contributed by atoms with Crippen LogP contribution < -0.4 is 15.8 Å². The maximum atomic E-state index is 13.7. The average molecular weight is 298 g/mol. The highest BCUT2D eigenvalue weighted by molar-refractivity contribution is 8.00. The summed E-state index contributed by atoms with van der Waals surface area (Å²) in [5, 5.41) is 3.36. The highest BCUT2D eigenvalue weighted by Gasteiger charge is 2.35. The third kappa shape index (κ3) is 3.32. The minimum absolute atomic E-state index is 0.273. The number of nitrogens with one attached hydrogen (secondary N) is 1. The van der Waals surface area contributed by atoms with Crippen molar-refractivity contribution in [3.8, 4) is 5.75 Å². The van der Waals surface area contributed by atoms with Crippen LogP contribution in [0.1, 0.15) is 32.6 Å². The maximum absolute atomic E-state index is 13.7. The number of hydrogen-bond acceptors (Lipinski definition) is 4. The molecule has 0 amide bonds. The van der Waals surface area contributed by atoms with Crippen molar-refractivity contribution in [3.63, 3.8) is 0 Å². The fourth-order valence-electron chi connectivity index (χ4n) is 2.32. The smallest absolute Gasteiger partial charge is 0.167 e. The van der Waals surface area contributed by atoms with Crippen LogP contribution in [0.25, 0.3) is 0 Å². The SMILES string of the molecule is CCCOc1cc(NCC2(SC)CCC2)c(N)cc1F. The van der Waals surface area contributed by atoms with Gasteiger partial charge in [0.2, 0.25) is 0 Å². The van der Waals surface area contributed by atoms with Crippen LogP contribution in [0.3, 0.4) is 0 Å². The first-order valence-corrected chi connectivity index (χ1v) is 8.33. The molecule has 3 N–H and O–H groups in total. The Bertz CT molecular complexity index is 458. The Balaban J connectivity index is 2.06. The Kier molecular flexibility index (Phi) is 5.02. The number of nitrogen functional groups attached to an aromatic ring is 1. The maximum Gasteiger partial charge on any atom is 0.167 e. The molecule has 112 valence electrons. The van der Waals surface area contributed by atoms with Gasteiger partial charge in [-0.3, -0.25) is 0 Å². The molecule has 0 bridgehead atoms. The van der Waals surface area contributed by atoms with Crippen LogP contribution in [0, 0.1) is 5.82 Å². The summed E-state index contributed by atoms with van der Waals surface area (Å²) >= 11 is 1.90. The fourth-order valence-corrected chi connectivity index (χ4v) is 3.24.